The van der Waals surface area contributed by atoms with Crippen molar-refractivity contribution in [1.82, 2.24) is 14.7 Å². The molecule has 2 heterocycles. The molecule has 1 atom stereocenters. The van der Waals surface area contributed by atoms with Crippen LogP contribution in [0.25, 0.3) is 0 Å². The van der Waals surface area contributed by atoms with Gasteiger partial charge in [-0.05, 0) is 25.2 Å². The molecule has 24 heavy (non-hydrogen) atoms. The Balaban J connectivity index is 1.60. The topological polar surface area (TPSA) is 73.3 Å². The Morgan fingerprint density at radius 2 is 2.00 bits per heavy atom. The van der Waals surface area contributed by atoms with Crippen molar-refractivity contribution < 1.29 is 19.4 Å². The molecule has 2 fully saturated rings. The van der Waals surface area contributed by atoms with E-state index in [1.54, 1.807) is 36.0 Å². The lowest BCUT2D eigenvalue weighted by molar-refractivity contribution is -0.190. The van der Waals surface area contributed by atoms with E-state index in [1.807, 2.05) is 11.9 Å². The predicted octanol–water partition coefficient (Wildman–Crippen LogP) is 0.00560. The van der Waals surface area contributed by atoms with Gasteiger partial charge in [-0.25, -0.2) is 0 Å². The van der Waals surface area contributed by atoms with E-state index in [-0.39, 0.29) is 23.6 Å². The number of carbonyl (C=O) groups is 2. The van der Waals surface area contributed by atoms with Crippen LogP contribution in [0.5, 0.6) is 5.75 Å². The number of likely N-dealkylation sites (N-methyl/N-ethyl adjacent to an activating group) is 2. The summed E-state index contributed by atoms with van der Waals surface area (Å²) in [5.74, 6) is -0.0107. The highest BCUT2D eigenvalue weighted by atomic mass is 16.5. The molecule has 1 N–H and O–H groups in total. The second kappa shape index (κ2) is 6.07. The molecule has 7 heteroatoms. The molecule has 1 aromatic rings. The lowest BCUT2D eigenvalue weighted by Crippen LogP contribution is -2.73. The van der Waals surface area contributed by atoms with Crippen LogP contribution in [0.2, 0.25) is 0 Å². The molecule has 130 valence electrons. The summed E-state index contributed by atoms with van der Waals surface area (Å²) in [6.45, 7) is 1.94. The molecule has 0 saturated carbocycles. The maximum atomic E-state index is 12.4. The second-order valence-electron chi connectivity index (χ2n) is 6.87. The Morgan fingerprint density at radius 3 is 2.58 bits per heavy atom. The van der Waals surface area contributed by atoms with E-state index in [1.165, 1.54) is 12.1 Å². The van der Waals surface area contributed by atoms with Gasteiger partial charge in [0.15, 0.2) is 0 Å². The lowest BCUT2D eigenvalue weighted by Gasteiger charge is -2.54. The SMILES string of the molecule is CN(C)C(=O)C1COC2(CN(C(=O)c3cccc(O)c3)C2)CN1C. The van der Waals surface area contributed by atoms with Crippen molar-refractivity contribution in [3.05, 3.63) is 29.8 Å². The smallest absolute Gasteiger partial charge is 0.254 e. The number of benzene rings is 1. The standard InChI is InChI=1S/C17H23N3O4/c1-18(2)16(23)14-8-24-17(9-19(14)3)10-20(11-17)15(22)12-5-4-6-13(21)7-12/h4-7,14,21H,8-11H2,1-3H3. The van der Waals surface area contributed by atoms with Gasteiger partial charge >= 0.3 is 0 Å². The minimum atomic E-state index is -0.398. The maximum Gasteiger partial charge on any atom is 0.254 e. The molecule has 0 bridgehead atoms. The number of phenolic OH excluding ortho intramolecular Hbond substituents is 1. The van der Waals surface area contributed by atoms with Gasteiger partial charge in [-0.15, -0.1) is 0 Å². The van der Waals surface area contributed by atoms with Crippen LogP contribution in [-0.2, 0) is 9.53 Å². The molecule has 1 aromatic carbocycles. The highest BCUT2D eigenvalue weighted by Gasteiger charge is 2.51. The first kappa shape index (κ1) is 16.7. The van der Waals surface area contributed by atoms with Crippen LogP contribution in [0.15, 0.2) is 24.3 Å². The van der Waals surface area contributed by atoms with E-state index >= 15 is 0 Å². The van der Waals surface area contributed by atoms with Gasteiger partial charge in [0.05, 0.1) is 19.7 Å². The quantitative estimate of drug-likeness (QED) is 0.825. The van der Waals surface area contributed by atoms with Crippen LogP contribution >= 0.6 is 0 Å². The van der Waals surface area contributed by atoms with Gasteiger partial charge in [-0.2, -0.15) is 0 Å². The first-order valence-electron chi connectivity index (χ1n) is 7.95. The predicted molar refractivity (Wildman–Crippen MR) is 87.8 cm³/mol. The van der Waals surface area contributed by atoms with Crippen molar-refractivity contribution in [2.45, 2.75) is 11.6 Å². The molecule has 0 aliphatic carbocycles. The summed E-state index contributed by atoms with van der Waals surface area (Å²) in [6, 6.07) is 6.07. The first-order valence-corrected chi connectivity index (χ1v) is 7.95. The van der Waals surface area contributed by atoms with Crippen molar-refractivity contribution in [1.29, 1.82) is 0 Å². The van der Waals surface area contributed by atoms with Crippen LogP contribution in [0.4, 0.5) is 0 Å². The number of carbonyl (C=O) groups excluding carboxylic acids is 2. The number of phenols is 1. The normalized spacial score (nSPS) is 23.0. The van der Waals surface area contributed by atoms with Gasteiger partial charge in [0.25, 0.3) is 5.91 Å². The van der Waals surface area contributed by atoms with E-state index in [0.717, 1.165) is 0 Å². The van der Waals surface area contributed by atoms with Crippen molar-refractivity contribution >= 4 is 11.8 Å². The highest BCUT2D eigenvalue weighted by Crippen LogP contribution is 2.32. The van der Waals surface area contributed by atoms with E-state index in [0.29, 0.717) is 31.8 Å². The first-order chi connectivity index (χ1) is 11.3. The average Bonchev–Trinajstić information content (AvgIpc) is 2.51. The molecule has 7 nitrogen and oxygen atoms in total. The number of amides is 2. The summed E-state index contributed by atoms with van der Waals surface area (Å²) in [6.07, 6.45) is 0. The molecular weight excluding hydrogens is 310 g/mol. The van der Waals surface area contributed by atoms with Gasteiger partial charge in [0.1, 0.15) is 17.4 Å². The number of hydrogen-bond donors (Lipinski definition) is 1. The number of nitrogens with zero attached hydrogens (tertiary/aromatic N) is 3. The van der Waals surface area contributed by atoms with Crippen LogP contribution in [0.3, 0.4) is 0 Å². The fourth-order valence-corrected chi connectivity index (χ4v) is 3.36. The molecular formula is C17H23N3O4. The molecule has 2 saturated heterocycles. The molecule has 0 radical (unpaired) electrons. The molecule has 0 aromatic heterocycles. The third-order valence-electron chi connectivity index (χ3n) is 4.68. The maximum absolute atomic E-state index is 12.4. The number of aromatic hydroxyl groups is 1. The Kier molecular flexibility index (Phi) is 4.23. The number of ether oxygens (including phenoxy) is 1. The third-order valence-corrected chi connectivity index (χ3v) is 4.68. The Hall–Kier alpha value is -2.12. The van der Waals surface area contributed by atoms with Crippen molar-refractivity contribution in [2.24, 2.45) is 0 Å². The minimum Gasteiger partial charge on any atom is -0.508 e. The van der Waals surface area contributed by atoms with E-state index in [4.69, 9.17) is 4.74 Å². The third kappa shape index (κ3) is 2.97. The average molecular weight is 333 g/mol. The van der Waals surface area contributed by atoms with Gasteiger partial charge in [-0.3, -0.25) is 14.5 Å². The van der Waals surface area contributed by atoms with Gasteiger partial charge in [0.2, 0.25) is 5.91 Å². The number of hydrogen-bond acceptors (Lipinski definition) is 5. The Labute approximate surface area is 141 Å². The number of morpholine rings is 1. The van der Waals surface area contributed by atoms with Crippen LogP contribution in [-0.4, -0.2) is 90.6 Å². The Morgan fingerprint density at radius 1 is 1.29 bits per heavy atom. The van der Waals surface area contributed by atoms with Crippen molar-refractivity contribution in [2.75, 3.05) is 47.4 Å². The van der Waals surface area contributed by atoms with E-state index in [9.17, 15) is 14.7 Å². The van der Waals surface area contributed by atoms with Crippen LogP contribution < -0.4 is 0 Å². The van der Waals surface area contributed by atoms with Gasteiger partial charge < -0.3 is 19.6 Å². The summed E-state index contributed by atoms with van der Waals surface area (Å²) >= 11 is 0. The summed E-state index contributed by atoms with van der Waals surface area (Å²) in [5, 5.41) is 9.50. The van der Waals surface area contributed by atoms with Crippen molar-refractivity contribution in [3.8, 4) is 5.75 Å². The fourth-order valence-electron chi connectivity index (χ4n) is 3.36. The Bertz CT molecular complexity index is 655. The largest absolute Gasteiger partial charge is 0.508 e. The monoisotopic (exact) mass is 333 g/mol. The minimum absolute atomic E-state index is 0.0272. The zero-order valence-corrected chi connectivity index (χ0v) is 14.2. The highest BCUT2D eigenvalue weighted by molar-refractivity contribution is 5.95. The van der Waals surface area contributed by atoms with E-state index < -0.39 is 5.60 Å². The van der Waals surface area contributed by atoms with Gasteiger partial charge in [-0.1, -0.05) is 6.07 Å². The van der Waals surface area contributed by atoms with Crippen LogP contribution in [0.1, 0.15) is 10.4 Å². The summed E-state index contributed by atoms with van der Waals surface area (Å²) in [5.41, 5.74) is 0.0688. The van der Waals surface area contributed by atoms with Crippen molar-refractivity contribution in [3.63, 3.8) is 0 Å². The molecule has 1 spiro atoms. The molecule has 2 aliphatic heterocycles. The zero-order valence-electron chi connectivity index (χ0n) is 14.2. The second-order valence-corrected chi connectivity index (χ2v) is 6.87. The number of rotatable bonds is 2. The number of likely N-dealkylation sites (tertiary alicyclic amines) is 1. The zero-order chi connectivity index (χ0) is 17.5. The summed E-state index contributed by atoms with van der Waals surface area (Å²) in [7, 11) is 5.38. The van der Waals surface area contributed by atoms with Gasteiger partial charge in [0, 0.05) is 26.2 Å². The fraction of sp³-hybridized carbons (Fsp3) is 0.529. The molecule has 2 amide bonds. The summed E-state index contributed by atoms with van der Waals surface area (Å²) in [4.78, 5) is 29.8. The van der Waals surface area contributed by atoms with Crippen LogP contribution in [0, 0.1) is 0 Å². The lowest BCUT2D eigenvalue weighted by atomic mass is 9.90. The molecule has 2 aliphatic rings. The molecule has 3 rings (SSSR count). The van der Waals surface area contributed by atoms with E-state index in [2.05, 4.69) is 0 Å². The molecule has 1 unspecified atom stereocenters. The summed E-state index contributed by atoms with van der Waals surface area (Å²) < 4.78 is 5.96.